The molecule has 0 radical (unpaired) electrons. The molecule has 5 heteroatoms. The standard InChI is InChI=1S/C32H32O5/c1-22(18-33)20-36-26-14-10-23(11-15-26)32(24-12-16-27(17-13-24)37-21-25(35)19-34)30-8-4-2-6-28(30)29-7-3-5-9-31(29)32/h2-17,22,25,33-35H,18-21H2,1H3. The molecule has 2 atom stereocenters. The van der Waals surface area contributed by atoms with Crippen molar-refractivity contribution < 1.29 is 24.8 Å². The first-order valence-corrected chi connectivity index (χ1v) is 12.6. The second-order valence-corrected chi connectivity index (χ2v) is 9.64. The third-order valence-corrected chi connectivity index (χ3v) is 7.03. The zero-order valence-electron chi connectivity index (χ0n) is 20.9. The highest BCUT2D eigenvalue weighted by Crippen LogP contribution is 2.56. The SMILES string of the molecule is CC(CO)COc1ccc(C2(c3ccc(OCC(O)CO)cc3)c3ccccc3-c3ccccc32)cc1. The van der Waals surface area contributed by atoms with Crippen LogP contribution in [0.5, 0.6) is 11.5 Å². The molecular formula is C32H32O5. The summed E-state index contributed by atoms with van der Waals surface area (Å²) >= 11 is 0. The number of ether oxygens (including phenoxy) is 2. The van der Waals surface area contributed by atoms with Gasteiger partial charge < -0.3 is 24.8 Å². The molecule has 0 bridgehead atoms. The van der Waals surface area contributed by atoms with Gasteiger partial charge in [-0.15, -0.1) is 0 Å². The Kier molecular flexibility index (Phi) is 7.28. The van der Waals surface area contributed by atoms with E-state index in [4.69, 9.17) is 14.6 Å². The van der Waals surface area contributed by atoms with Gasteiger partial charge in [-0.3, -0.25) is 0 Å². The minimum absolute atomic E-state index is 0.0308. The highest BCUT2D eigenvalue weighted by atomic mass is 16.5. The number of aliphatic hydroxyl groups is 3. The van der Waals surface area contributed by atoms with Crippen LogP contribution in [0.25, 0.3) is 11.1 Å². The fourth-order valence-electron chi connectivity index (χ4n) is 5.16. The Balaban J connectivity index is 1.61. The van der Waals surface area contributed by atoms with Crippen LogP contribution in [-0.4, -0.2) is 47.9 Å². The van der Waals surface area contributed by atoms with E-state index in [1.165, 1.54) is 22.3 Å². The van der Waals surface area contributed by atoms with Crippen LogP contribution in [0.2, 0.25) is 0 Å². The third kappa shape index (κ3) is 4.62. The van der Waals surface area contributed by atoms with Gasteiger partial charge >= 0.3 is 0 Å². The van der Waals surface area contributed by atoms with Gasteiger partial charge in [0.25, 0.3) is 0 Å². The van der Waals surface area contributed by atoms with Gasteiger partial charge in [0.2, 0.25) is 0 Å². The summed E-state index contributed by atoms with van der Waals surface area (Å²) in [6, 6.07) is 33.3. The van der Waals surface area contributed by atoms with Crippen LogP contribution in [0.15, 0.2) is 97.1 Å². The maximum Gasteiger partial charge on any atom is 0.119 e. The van der Waals surface area contributed by atoms with Crippen LogP contribution in [-0.2, 0) is 5.41 Å². The number of rotatable bonds is 10. The summed E-state index contributed by atoms with van der Waals surface area (Å²) < 4.78 is 11.6. The molecule has 0 heterocycles. The molecule has 0 aliphatic heterocycles. The number of hydrogen-bond acceptors (Lipinski definition) is 5. The predicted molar refractivity (Wildman–Crippen MR) is 144 cm³/mol. The maximum absolute atomic E-state index is 9.66. The van der Waals surface area contributed by atoms with Gasteiger partial charge in [0.15, 0.2) is 0 Å². The minimum Gasteiger partial charge on any atom is -0.493 e. The van der Waals surface area contributed by atoms with E-state index in [0.29, 0.717) is 12.4 Å². The summed E-state index contributed by atoms with van der Waals surface area (Å²) in [5.74, 6) is 1.47. The molecule has 190 valence electrons. The van der Waals surface area contributed by atoms with E-state index in [0.717, 1.165) is 16.9 Å². The molecule has 0 spiro atoms. The molecule has 37 heavy (non-hydrogen) atoms. The molecule has 1 aliphatic rings. The third-order valence-electron chi connectivity index (χ3n) is 7.03. The van der Waals surface area contributed by atoms with Crippen molar-refractivity contribution in [2.24, 2.45) is 5.92 Å². The molecule has 0 aromatic heterocycles. The highest BCUT2D eigenvalue weighted by Gasteiger charge is 2.45. The number of fused-ring (bicyclic) bond motifs is 3. The summed E-state index contributed by atoms with van der Waals surface area (Å²) in [6.07, 6.45) is -0.916. The molecular weight excluding hydrogens is 464 g/mol. The Morgan fingerprint density at radius 1 is 0.622 bits per heavy atom. The lowest BCUT2D eigenvalue weighted by Gasteiger charge is -2.34. The Bertz CT molecular complexity index is 1230. The second kappa shape index (κ2) is 10.8. The van der Waals surface area contributed by atoms with E-state index < -0.39 is 11.5 Å². The van der Waals surface area contributed by atoms with Crippen molar-refractivity contribution in [3.63, 3.8) is 0 Å². The Labute approximate surface area is 217 Å². The molecule has 5 nitrogen and oxygen atoms in total. The molecule has 3 N–H and O–H groups in total. The Morgan fingerprint density at radius 3 is 1.54 bits per heavy atom. The topological polar surface area (TPSA) is 79.2 Å². The van der Waals surface area contributed by atoms with Crippen LogP contribution < -0.4 is 9.47 Å². The van der Waals surface area contributed by atoms with Gasteiger partial charge in [0, 0.05) is 12.5 Å². The lowest BCUT2D eigenvalue weighted by atomic mass is 9.68. The van der Waals surface area contributed by atoms with Crippen molar-refractivity contribution in [3.8, 4) is 22.6 Å². The largest absolute Gasteiger partial charge is 0.493 e. The van der Waals surface area contributed by atoms with Crippen LogP contribution in [0.1, 0.15) is 29.2 Å². The second-order valence-electron chi connectivity index (χ2n) is 9.64. The lowest BCUT2D eigenvalue weighted by molar-refractivity contribution is 0.0536. The minimum atomic E-state index is -0.916. The van der Waals surface area contributed by atoms with Gasteiger partial charge in [-0.25, -0.2) is 0 Å². The van der Waals surface area contributed by atoms with Gasteiger partial charge in [0.05, 0.1) is 18.6 Å². The van der Waals surface area contributed by atoms with Crippen molar-refractivity contribution in [2.75, 3.05) is 26.4 Å². The van der Waals surface area contributed by atoms with Gasteiger partial charge in [-0.1, -0.05) is 79.7 Å². The molecule has 0 fully saturated rings. The van der Waals surface area contributed by atoms with Crippen LogP contribution >= 0.6 is 0 Å². The lowest BCUT2D eigenvalue weighted by Crippen LogP contribution is -2.28. The number of aliphatic hydroxyl groups excluding tert-OH is 3. The van der Waals surface area contributed by atoms with Crippen molar-refractivity contribution in [2.45, 2.75) is 18.4 Å². The fraction of sp³-hybridized carbons (Fsp3) is 0.250. The van der Waals surface area contributed by atoms with Gasteiger partial charge in [-0.2, -0.15) is 0 Å². The van der Waals surface area contributed by atoms with Gasteiger partial charge in [-0.05, 0) is 57.6 Å². The van der Waals surface area contributed by atoms with E-state index in [9.17, 15) is 10.2 Å². The average Bonchev–Trinajstić information content (AvgIpc) is 3.26. The quantitative estimate of drug-likeness (QED) is 0.259. The summed E-state index contributed by atoms with van der Waals surface area (Å²) in [6.45, 7) is 2.19. The van der Waals surface area contributed by atoms with E-state index >= 15 is 0 Å². The molecule has 0 amide bonds. The van der Waals surface area contributed by atoms with Crippen molar-refractivity contribution in [1.82, 2.24) is 0 Å². The zero-order valence-corrected chi connectivity index (χ0v) is 20.9. The average molecular weight is 497 g/mol. The monoisotopic (exact) mass is 496 g/mol. The molecule has 1 aliphatic carbocycles. The summed E-state index contributed by atoms with van der Waals surface area (Å²) in [5, 5.41) is 28.1. The van der Waals surface area contributed by atoms with Crippen LogP contribution in [0.3, 0.4) is 0 Å². The fourth-order valence-corrected chi connectivity index (χ4v) is 5.16. The Morgan fingerprint density at radius 2 is 1.08 bits per heavy atom. The Hall–Kier alpha value is -3.64. The van der Waals surface area contributed by atoms with Crippen molar-refractivity contribution in [3.05, 3.63) is 119 Å². The molecule has 0 saturated heterocycles. The van der Waals surface area contributed by atoms with E-state index in [-0.39, 0.29) is 25.7 Å². The molecule has 2 unspecified atom stereocenters. The summed E-state index contributed by atoms with van der Waals surface area (Å²) in [5.41, 5.74) is 6.53. The molecule has 4 aromatic carbocycles. The van der Waals surface area contributed by atoms with E-state index in [2.05, 4.69) is 72.8 Å². The molecule has 5 rings (SSSR count). The highest BCUT2D eigenvalue weighted by molar-refractivity contribution is 5.86. The van der Waals surface area contributed by atoms with Crippen LogP contribution in [0.4, 0.5) is 0 Å². The number of benzene rings is 4. The van der Waals surface area contributed by atoms with E-state index in [1.807, 2.05) is 31.2 Å². The first-order chi connectivity index (χ1) is 18.1. The van der Waals surface area contributed by atoms with Crippen LogP contribution in [0, 0.1) is 5.92 Å². The van der Waals surface area contributed by atoms with Gasteiger partial charge in [0.1, 0.15) is 24.2 Å². The first kappa shape index (κ1) is 25.0. The normalized spacial score (nSPS) is 14.9. The summed E-state index contributed by atoms with van der Waals surface area (Å²) in [7, 11) is 0. The molecule has 0 saturated carbocycles. The first-order valence-electron chi connectivity index (χ1n) is 12.6. The molecule has 4 aromatic rings. The number of hydrogen-bond donors (Lipinski definition) is 3. The smallest absolute Gasteiger partial charge is 0.119 e. The maximum atomic E-state index is 9.66. The van der Waals surface area contributed by atoms with Crippen molar-refractivity contribution in [1.29, 1.82) is 0 Å². The van der Waals surface area contributed by atoms with E-state index in [1.54, 1.807) is 0 Å². The van der Waals surface area contributed by atoms with Crippen molar-refractivity contribution >= 4 is 0 Å². The summed E-state index contributed by atoms with van der Waals surface area (Å²) in [4.78, 5) is 0. The zero-order chi connectivity index (χ0) is 25.8. The predicted octanol–water partition coefficient (Wildman–Crippen LogP) is 4.79.